The van der Waals surface area contributed by atoms with Crippen LogP contribution >= 0.6 is 11.8 Å². The highest BCUT2D eigenvalue weighted by atomic mass is 32.2. The molecule has 0 bridgehead atoms. The summed E-state index contributed by atoms with van der Waals surface area (Å²) in [5.74, 6) is 0.419. The first-order valence-electron chi connectivity index (χ1n) is 5.66. The Bertz CT molecular complexity index is 616. The molecular formula is C13H16FN3S. The van der Waals surface area contributed by atoms with E-state index >= 15 is 0 Å². The van der Waals surface area contributed by atoms with Crippen LogP contribution in [0.1, 0.15) is 23.6 Å². The van der Waals surface area contributed by atoms with Gasteiger partial charge in [-0.1, -0.05) is 6.08 Å². The summed E-state index contributed by atoms with van der Waals surface area (Å²) in [6, 6.07) is 0. The molecular weight excluding hydrogens is 249 g/mol. The predicted octanol–water partition coefficient (Wildman–Crippen LogP) is 3.19. The number of nitrogens with zero attached hydrogens (tertiary/aromatic N) is 1. The third kappa shape index (κ3) is 1.88. The summed E-state index contributed by atoms with van der Waals surface area (Å²) in [6.45, 7) is 3.60. The molecule has 0 saturated heterocycles. The van der Waals surface area contributed by atoms with Crippen molar-refractivity contribution in [3.05, 3.63) is 34.8 Å². The molecule has 18 heavy (non-hydrogen) atoms. The third-order valence-electron chi connectivity index (χ3n) is 3.07. The van der Waals surface area contributed by atoms with Crippen LogP contribution in [0.4, 0.5) is 4.39 Å². The van der Waals surface area contributed by atoms with Crippen LogP contribution < -0.4 is 5.73 Å². The van der Waals surface area contributed by atoms with Crippen molar-refractivity contribution in [2.24, 2.45) is 5.73 Å². The Kier molecular flexibility index (Phi) is 3.61. The normalized spacial score (nSPS) is 12.3. The summed E-state index contributed by atoms with van der Waals surface area (Å²) in [5, 5.41) is 7.78. The number of allylic oxidation sites excluding steroid dienone is 1. The van der Waals surface area contributed by atoms with Gasteiger partial charge >= 0.3 is 0 Å². The lowest BCUT2D eigenvalue weighted by molar-refractivity contribution is 0.609. The van der Waals surface area contributed by atoms with E-state index in [2.05, 4.69) is 10.2 Å². The van der Waals surface area contributed by atoms with Crippen LogP contribution in [-0.2, 0) is 5.75 Å². The van der Waals surface area contributed by atoms with Crippen LogP contribution in [0.25, 0.3) is 16.6 Å². The van der Waals surface area contributed by atoms with Crippen molar-refractivity contribution in [2.75, 3.05) is 6.26 Å². The first kappa shape index (κ1) is 13.0. The van der Waals surface area contributed by atoms with Crippen LogP contribution in [0, 0.1) is 12.7 Å². The Morgan fingerprint density at radius 1 is 1.61 bits per heavy atom. The largest absolute Gasteiger partial charge is 0.398 e. The fraction of sp³-hybridized carbons (Fsp3) is 0.308. The molecule has 1 aromatic carbocycles. The molecule has 3 nitrogen and oxygen atoms in total. The molecule has 0 atom stereocenters. The predicted molar refractivity (Wildman–Crippen MR) is 75.8 cm³/mol. The number of aromatic nitrogens is 2. The van der Waals surface area contributed by atoms with Gasteiger partial charge in [-0.05, 0) is 25.7 Å². The van der Waals surface area contributed by atoms with Crippen molar-refractivity contribution in [1.82, 2.24) is 10.2 Å². The molecule has 3 N–H and O–H groups in total. The number of fused-ring (bicyclic) bond motifs is 1. The van der Waals surface area contributed by atoms with Gasteiger partial charge in [0.2, 0.25) is 0 Å². The van der Waals surface area contributed by atoms with Crippen LogP contribution in [0.5, 0.6) is 0 Å². The molecule has 1 aromatic heterocycles. The van der Waals surface area contributed by atoms with E-state index in [9.17, 15) is 4.39 Å². The number of nitrogens with two attached hydrogens (primary N) is 1. The first-order valence-corrected chi connectivity index (χ1v) is 7.06. The van der Waals surface area contributed by atoms with Crippen molar-refractivity contribution in [2.45, 2.75) is 19.6 Å². The van der Waals surface area contributed by atoms with Crippen molar-refractivity contribution < 1.29 is 4.39 Å². The topological polar surface area (TPSA) is 54.7 Å². The zero-order valence-corrected chi connectivity index (χ0v) is 11.5. The number of hydrogen-bond acceptors (Lipinski definition) is 3. The number of nitrogens with one attached hydrogen (secondary N) is 1. The van der Waals surface area contributed by atoms with E-state index in [0.717, 1.165) is 16.5 Å². The summed E-state index contributed by atoms with van der Waals surface area (Å²) in [4.78, 5) is 0. The second kappa shape index (κ2) is 5.02. The molecule has 2 aromatic rings. The number of halogens is 1. The number of H-pyrrole nitrogens is 1. The SMILES string of the molecule is C/C=C(\N)c1c(C)c(F)c(CSC)c2[nH]ncc12. The van der Waals surface area contributed by atoms with Gasteiger partial charge in [0.1, 0.15) is 5.82 Å². The minimum Gasteiger partial charge on any atom is -0.398 e. The fourth-order valence-corrected chi connectivity index (χ4v) is 2.71. The van der Waals surface area contributed by atoms with Gasteiger partial charge in [-0.3, -0.25) is 5.10 Å². The number of rotatable bonds is 3. The van der Waals surface area contributed by atoms with Gasteiger partial charge in [-0.25, -0.2) is 4.39 Å². The molecule has 1 heterocycles. The standard InChI is InChI=1S/C13H16FN3S/c1-4-10(15)11-7(2)12(14)9(6-18-3)13-8(11)5-16-17-13/h4-5H,6,15H2,1-3H3,(H,16,17)/b10-4-. The van der Waals surface area contributed by atoms with E-state index in [1.807, 2.05) is 13.2 Å². The van der Waals surface area contributed by atoms with Gasteiger partial charge < -0.3 is 5.73 Å². The van der Waals surface area contributed by atoms with E-state index < -0.39 is 0 Å². The van der Waals surface area contributed by atoms with E-state index in [1.165, 1.54) is 0 Å². The molecule has 5 heteroatoms. The zero-order valence-electron chi connectivity index (χ0n) is 10.7. The second-order valence-electron chi connectivity index (χ2n) is 4.13. The molecule has 0 amide bonds. The highest BCUT2D eigenvalue weighted by Crippen LogP contribution is 2.32. The molecule has 0 aliphatic rings. The summed E-state index contributed by atoms with van der Waals surface area (Å²) in [6.07, 6.45) is 5.44. The van der Waals surface area contributed by atoms with E-state index in [-0.39, 0.29) is 5.82 Å². The smallest absolute Gasteiger partial charge is 0.132 e. The molecule has 0 saturated carbocycles. The number of hydrogen-bond donors (Lipinski definition) is 2. The van der Waals surface area contributed by atoms with E-state index in [1.54, 1.807) is 31.0 Å². The molecule has 96 valence electrons. The molecule has 0 spiro atoms. The Hall–Kier alpha value is -1.49. The Morgan fingerprint density at radius 3 is 2.94 bits per heavy atom. The third-order valence-corrected chi connectivity index (χ3v) is 3.65. The maximum absolute atomic E-state index is 14.4. The van der Waals surface area contributed by atoms with Crippen molar-refractivity contribution in [3.8, 4) is 0 Å². The summed E-state index contributed by atoms with van der Waals surface area (Å²) in [7, 11) is 0. The molecule has 0 radical (unpaired) electrons. The Morgan fingerprint density at radius 2 is 2.33 bits per heavy atom. The Labute approximate surface area is 110 Å². The summed E-state index contributed by atoms with van der Waals surface area (Å²) >= 11 is 1.58. The van der Waals surface area contributed by atoms with Crippen molar-refractivity contribution >= 4 is 28.4 Å². The molecule has 2 rings (SSSR count). The van der Waals surface area contributed by atoms with Crippen LogP contribution in [-0.4, -0.2) is 16.5 Å². The van der Waals surface area contributed by atoms with Crippen LogP contribution in [0.2, 0.25) is 0 Å². The highest BCUT2D eigenvalue weighted by Gasteiger charge is 2.18. The van der Waals surface area contributed by atoms with Crippen molar-refractivity contribution in [3.63, 3.8) is 0 Å². The number of thioether (sulfide) groups is 1. The van der Waals surface area contributed by atoms with Crippen LogP contribution in [0.15, 0.2) is 12.3 Å². The fourth-order valence-electron chi connectivity index (χ4n) is 2.15. The number of benzene rings is 1. The lowest BCUT2D eigenvalue weighted by Crippen LogP contribution is -2.04. The van der Waals surface area contributed by atoms with Crippen LogP contribution in [0.3, 0.4) is 0 Å². The minimum absolute atomic E-state index is 0.194. The average Bonchev–Trinajstić information content (AvgIpc) is 2.83. The number of aromatic amines is 1. The molecule has 0 fully saturated rings. The van der Waals surface area contributed by atoms with Gasteiger partial charge in [0.15, 0.2) is 0 Å². The van der Waals surface area contributed by atoms with Gasteiger partial charge in [0, 0.05) is 28.0 Å². The van der Waals surface area contributed by atoms with E-state index in [4.69, 9.17) is 5.73 Å². The quantitative estimate of drug-likeness (QED) is 0.896. The molecule has 0 aliphatic heterocycles. The first-order chi connectivity index (χ1) is 8.61. The maximum Gasteiger partial charge on any atom is 0.132 e. The average molecular weight is 265 g/mol. The second-order valence-corrected chi connectivity index (χ2v) is 4.99. The van der Waals surface area contributed by atoms with Gasteiger partial charge in [-0.15, -0.1) is 0 Å². The monoisotopic (exact) mass is 265 g/mol. The Balaban J connectivity index is 2.86. The van der Waals surface area contributed by atoms with Gasteiger partial charge in [-0.2, -0.15) is 16.9 Å². The molecule has 0 unspecified atom stereocenters. The molecule has 0 aliphatic carbocycles. The summed E-state index contributed by atoms with van der Waals surface area (Å²) in [5.41, 5.74) is 9.27. The maximum atomic E-state index is 14.4. The van der Waals surface area contributed by atoms with Gasteiger partial charge in [0.05, 0.1) is 11.7 Å². The van der Waals surface area contributed by atoms with Crippen molar-refractivity contribution in [1.29, 1.82) is 0 Å². The lowest BCUT2D eigenvalue weighted by atomic mass is 9.97. The lowest BCUT2D eigenvalue weighted by Gasteiger charge is -2.13. The van der Waals surface area contributed by atoms with E-state index in [0.29, 0.717) is 22.6 Å². The highest BCUT2D eigenvalue weighted by molar-refractivity contribution is 7.97. The minimum atomic E-state index is -0.194. The van der Waals surface area contributed by atoms with Gasteiger partial charge in [0.25, 0.3) is 0 Å². The summed E-state index contributed by atoms with van der Waals surface area (Å²) < 4.78 is 14.4. The zero-order chi connectivity index (χ0) is 13.3.